The van der Waals surface area contributed by atoms with E-state index in [1.54, 1.807) is 0 Å². The van der Waals surface area contributed by atoms with Crippen molar-refractivity contribution in [3.8, 4) is 6.07 Å². The first-order valence-corrected chi connectivity index (χ1v) is 6.39. The second-order valence-corrected chi connectivity index (χ2v) is 4.67. The number of hydrogen-bond donors (Lipinski definition) is 0. The molecule has 17 heavy (non-hydrogen) atoms. The minimum Gasteiger partial charge on any atom is -0.297 e. The van der Waals surface area contributed by atoms with E-state index in [0.717, 1.165) is 25.9 Å². The van der Waals surface area contributed by atoms with Crippen molar-refractivity contribution in [1.82, 2.24) is 4.90 Å². The summed E-state index contributed by atoms with van der Waals surface area (Å²) in [7, 11) is 0. The molecule has 0 saturated carbocycles. The molecule has 0 radical (unpaired) electrons. The molecule has 0 N–H and O–H groups in total. The van der Waals surface area contributed by atoms with Crippen molar-refractivity contribution in [1.29, 1.82) is 5.26 Å². The molecule has 0 aromatic heterocycles. The van der Waals surface area contributed by atoms with Crippen LogP contribution in [0.1, 0.15) is 38.7 Å². The molecular weight excluding hydrogens is 208 g/mol. The van der Waals surface area contributed by atoms with Gasteiger partial charge in [-0.15, -0.1) is 0 Å². The van der Waals surface area contributed by atoms with Crippen LogP contribution in [0.25, 0.3) is 0 Å². The highest BCUT2D eigenvalue weighted by atomic mass is 15.1. The van der Waals surface area contributed by atoms with Crippen LogP contribution in [0, 0.1) is 11.3 Å². The van der Waals surface area contributed by atoms with E-state index in [9.17, 15) is 0 Å². The van der Waals surface area contributed by atoms with Crippen LogP contribution >= 0.6 is 0 Å². The van der Waals surface area contributed by atoms with E-state index in [2.05, 4.69) is 55.1 Å². The zero-order valence-corrected chi connectivity index (χ0v) is 10.9. The molecule has 0 saturated heterocycles. The molecule has 0 heterocycles. The Kier molecular flexibility index (Phi) is 6.35. The molecule has 1 aromatic rings. The summed E-state index contributed by atoms with van der Waals surface area (Å²) in [4.78, 5) is 2.46. The fourth-order valence-corrected chi connectivity index (χ4v) is 1.86. The maximum atomic E-state index is 8.51. The molecule has 1 rings (SSSR count). The lowest BCUT2D eigenvalue weighted by atomic mass is 10.1. The van der Waals surface area contributed by atoms with Crippen LogP contribution in [0.3, 0.4) is 0 Å². The van der Waals surface area contributed by atoms with Gasteiger partial charge in [-0.3, -0.25) is 4.90 Å². The van der Waals surface area contributed by atoms with Gasteiger partial charge in [-0.25, -0.2) is 0 Å². The SMILES string of the molecule is CC(C)N(CCCCC#N)Cc1ccccc1. The third-order valence-electron chi connectivity index (χ3n) is 2.94. The smallest absolute Gasteiger partial charge is 0.0621 e. The van der Waals surface area contributed by atoms with E-state index in [0.29, 0.717) is 12.5 Å². The van der Waals surface area contributed by atoms with Crippen LogP contribution in [-0.2, 0) is 6.54 Å². The first kappa shape index (κ1) is 13.7. The van der Waals surface area contributed by atoms with Gasteiger partial charge in [-0.2, -0.15) is 5.26 Å². The molecule has 0 amide bonds. The summed E-state index contributed by atoms with van der Waals surface area (Å²) < 4.78 is 0. The van der Waals surface area contributed by atoms with Gasteiger partial charge >= 0.3 is 0 Å². The van der Waals surface area contributed by atoms with Crippen LogP contribution in [0.4, 0.5) is 0 Å². The summed E-state index contributed by atoms with van der Waals surface area (Å²) in [5.41, 5.74) is 1.36. The first-order valence-electron chi connectivity index (χ1n) is 6.39. The second-order valence-electron chi connectivity index (χ2n) is 4.67. The minimum atomic E-state index is 0.553. The van der Waals surface area contributed by atoms with Gasteiger partial charge in [0.25, 0.3) is 0 Å². The Morgan fingerprint density at radius 3 is 2.47 bits per heavy atom. The molecule has 1 aromatic carbocycles. The number of nitrogens with zero attached hydrogens (tertiary/aromatic N) is 2. The highest BCUT2D eigenvalue weighted by Gasteiger charge is 2.09. The second kappa shape index (κ2) is 7.86. The minimum absolute atomic E-state index is 0.553. The number of hydrogen-bond acceptors (Lipinski definition) is 2. The molecule has 0 unspecified atom stereocenters. The van der Waals surface area contributed by atoms with E-state index in [-0.39, 0.29) is 0 Å². The van der Waals surface area contributed by atoms with Crippen LogP contribution in [0.2, 0.25) is 0 Å². The van der Waals surface area contributed by atoms with Gasteiger partial charge in [-0.05, 0) is 38.8 Å². The van der Waals surface area contributed by atoms with E-state index < -0.39 is 0 Å². The molecular formula is C15H22N2. The third kappa shape index (κ3) is 5.51. The van der Waals surface area contributed by atoms with Gasteiger partial charge in [0.15, 0.2) is 0 Å². The maximum absolute atomic E-state index is 8.51. The van der Waals surface area contributed by atoms with Crippen molar-refractivity contribution in [2.45, 2.75) is 45.7 Å². The average molecular weight is 230 g/mol. The van der Waals surface area contributed by atoms with Crippen molar-refractivity contribution < 1.29 is 0 Å². The quantitative estimate of drug-likeness (QED) is 0.669. The van der Waals surface area contributed by atoms with E-state index >= 15 is 0 Å². The van der Waals surface area contributed by atoms with E-state index in [1.807, 2.05) is 0 Å². The fourth-order valence-electron chi connectivity index (χ4n) is 1.86. The lowest BCUT2D eigenvalue weighted by molar-refractivity contribution is 0.209. The monoisotopic (exact) mass is 230 g/mol. The molecule has 0 aliphatic rings. The predicted molar refractivity (Wildman–Crippen MR) is 71.5 cm³/mol. The van der Waals surface area contributed by atoms with Gasteiger partial charge < -0.3 is 0 Å². The average Bonchev–Trinajstić information content (AvgIpc) is 2.34. The molecule has 0 aliphatic carbocycles. The Morgan fingerprint density at radius 1 is 1.18 bits per heavy atom. The highest BCUT2D eigenvalue weighted by molar-refractivity contribution is 5.14. The van der Waals surface area contributed by atoms with Crippen LogP contribution < -0.4 is 0 Å². The van der Waals surface area contributed by atoms with Crippen molar-refractivity contribution in [2.75, 3.05) is 6.54 Å². The van der Waals surface area contributed by atoms with Crippen LogP contribution in [-0.4, -0.2) is 17.5 Å². The summed E-state index contributed by atoms with van der Waals surface area (Å²) in [6.07, 6.45) is 2.80. The Balaban J connectivity index is 2.41. The standard InChI is InChI=1S/C15H22N2/c1-14(2)17(12-8-4-7-11-16)13-15-9-5-3-6-10-15/h3,5-6,9-10,14H,4,7-8,12-13H2,1-2H3. The van der Waals surface area contributed by atoms with Crippen molar-refractivity contribution in [2.24, 2.45) is 0 Å². The van der Waals surface area contributed by atoms with Gasteiger partial charge in [0.2, 0.25) is 0 Å². The summed E-state index contributed by atoms with van der Waals surface area (Å²) in [5, 5.41) is 8.51. The Hall–Kier alpha value is -1.33. The Morgan fingerprint density at radius 2 is 1.88 bits per heavy atom. The van der Waals surface area contributed by atoms with Gasteiger partial charge in [0.05, 0.1) is 6.07 Å². The lowest BCUT2D eigenvalue weighted by Gasteiger charge is -2.26. The van der Waals surface area contributed by atoms with Gasteiger partial charge in [-0.1, -0.05) is 30.3 Å². The molecule has 0 bridgehead atoms. The van der Waals surface area contributed by atoms with Gasteiger partial charge in [0.1, 0.15) is 0 Å². The van der Waals surface area contributed by atoms with Gasteiger partial charge in [0, 0.05) is 19.0 Å². The number of benzene rings is 1. The summed E-state index contributed by atoms with van der Waals surface area (Å²) in [5.74, 6) is 0. The Bertz CT molecular complexity index is 338. The maximum Gasteiger partial charge on any atom is 0.0621 e. The molecule has 0 spiro atoms. The molecule has 0 aliphatic heterocycles. The topological polar surface area (TPSA) is 27.0 Å². The summed E-state index contributed by atoms with van der Waals surface area (Å²) in [6.45, 7) is 6.54. The first-order chi connectivity index (χ1) is 8.24. The summed E-state index contributed by atoms with van der Waals surface area (Å²) >= 11 is 0. The molecule has 92 valence electrons. The lowest BCUT2D eigenvalue weighted by Crippen LogP contribution is -2.31. The third-order valence-corrected chi connectivity index (χ3v) is 2.94. The fraction of sp³-hybridized carbons (Fsp3) is 0.533. The van der Waals surface area contributed by atoms with Crippen molar-refractivity contribution in [3.05, 3.63) is 35.9 Å². The highest BCUT2D eigenvalue weighted by Crippen LogP contribution is 2.09. The number of unbranched alkanes of at least 4 members (excludes halogenated alkanes) is 2. The largest absolute Gasteiger partial charge is 0.297 e. The molecule has 2 heteroatoms. The zero-order chi connectivity index (χ0) is 12.5. The normalized spacial score (nSPS) is 10.8. The zero-order valence-electron chi connectivity index (χ0n) is 10.9. The van der Waals surface area contributed by atoms with E-state index in [4.69, 9.17) is 5.26 Å². The van der Waals surface area contributed by atoms with Crippen LogP contribution in [0.5, 0.6) is 0 Å². The molecule has 0 fully saturated rings. The Labute approximate surface area is 105 Å². The predicted octanol–water partition coefficient (Wildman–Crippen LogP) is 3.59. The number of rotatable bonds is 7. The summed E-state index contributed by atoms with van der Waals surface area (Å²) in [6, 6.07) is 13.3. The molecule has 0 atom stereocenters. The van der Waals surface area contributed by atoms with E-state index in [1.165, 1.54) is 5.56 Å². The van der Waals surface area contributed by atoms with Crippen molar-refractivity contribution >= 4 is 0 Å². The molecule has 2 nitrogen and oxygen atoms in total. The van der Waals surface area contributed by atoms with Crippen molar-refractivity contribution in [3.63, 3.8) is 0 Å². The van der Waals surface area contributed by atoms with Crippen LogP contribution in [0.15, 0.2) is 30.3 Å². The number of nitriles is 1.